The molecule has 12 heavy (non-hydrogen) atoms. The summed E-state index contributed by atoms with van der Waals surface area (Å²) in [5, 5.41) is 0.0334. The van der Waals surface area contributed by atoms with Crippen molar-refractivity contribution in [2.75, 3.05) is 13.6 Å². The Labute approximate surface area is 79.9 Å². The van der Waals surface area contributed by atoms with Crippen molar-refractivity contribution < 1.29 is 4.79 Å². The maximum atomic E-state index is 11.4. The van der Waals surface area contributed by atoms with E-state index in [9.17, 15) is 4.79 Å². The van der Waals surface area contributed by atoms with E-state index in [-0.39, 0.29) is 11.3 Å². The first-order valence-electron chi connectivity index (χ1n) is 4.31. The van der Waals surface area contributed by atoms with Crippen molar-refractivity contribution in [3.05, 3.63) is 0 Å². The Morgan fingerprint density at radius 2 is 1.92 bits per heavy atom. The minimum Gasteiger partial charge on any atom is -0.344 e. The number of hydrogen-bond acceptors (Lipinski definition) is 1. The highest BCUT2D eigenvalue weighted by atomic mass is 35.5. The molecule has 0 aromatic carbocycles. The monoisotopic (exact) mass is 191 g/mol. The van der Waals surface area contributed by atoms with Crippen LogP contribution in [0.15, 0.2) is 0 Å². The molecule has 2 nitrogen and oxygen atoms in total. The molecule has 0 N–H and O–H groups in total. The summed E-state index contributed by atoms with van der Waals surface area (Å²) in [5.41, 5.74) is 0. The van der Waals surface area contributed by atoms with Gasteiger partial charge in [-0.2, -0.15) is 0 Å². The molecule has 0 aromatic heterocycles. The van der Waals surface area contributed by atoms with Crippen molar-refractivity contribution in [2.45, 2.75) is 32.6 Å². The molecule has 1 amide bonds. The number of carbonyl (C=O) groups excluding carboxylic acids is 1. The topological polar surface area (TPSA) is 20.3 Å². The van der Waals surface area contributed by atoms with Gasteiger partial charge in [-0.05, 0) is 12.8 Å². The predicted octanol–water partition coefficient (Wildman–Crippen LogP) is 2.12. The normalized spacial score (nSPS) is 13.2. The first kappa shape index (κ1) is 11.8. The largest absolute Gasteiger partial charge is 0.344 e. The molecule has 0 fully saturated rings. The zero-order chi connectivity index (χ0) is 9.72. The number of nitrogens with zero attached hydrogens (tertiary/aromatic N) is 1. The molecular formula is C9H18ClNO. The molecule has 0 aliphatic rings. The lowest BCUT2D eigenvalue weighted by molar-refractivity contribution is -0.130. The number of amides is 1. The van der Waals surface area contributed by atoms with Crippen LogP contribution in [-0.2, 0) is 4.79 Å². The Morgan fingerprint density at radius 1 is 1.42 bits per heavy atom. The Morgan fingerprint density at radius 3 is 2.25 bits per heavy atom. The lowest BCUT2D eigenvalue weighted by Crippen LogP contribution is -2.31. The number of hydrogen-bond donors (Lipinski definition) is 0. The minimum absolute atomic E-state index is 0.0334. The summed E-state index contributed by atoms with van der Waals surface area (Å²) in [6.07, 6.45) is 0.611. The van der Waals surface area contributed by atoms with E-state index < -0.39 is 0 Å². The maximum Gasteiger partial charge on any atom is 0.222 e. The number of halogens is 1. The second-order valence-corrected chi connectivity index (χ2v) is 4.40. The Bertz CT molecular complexity index is 145. The third-order valence-electron chi connectivity index (χ3n) is 1.53. The molecular weight excluding hydrogens is 174 g/mol. The van der Waals surface area contributed by atoms with Crippen molar-refractivity contribution >= 4 is 17.5 Å². The molecule has 1 atom stereocenters. The van der Waals surface area contributed by atoms with Gasteiger partial charge in [0.15, 0.2) is 0 Å². The first-order chi connectivity index (χ1) is 5.43. The summed E-state index contributed by atoms with van der Waals surface area (Å²) in [5.74, 6) is 0.600. The molecule has 0 radical (unpaired) electrons. The summed E-state index contributed by atoms with van der Waals surface area (Å²) in [4.78, 5) is 13.0. The second kappa shape index (κ2) is 5.41. The number of rotatable bonds is 4. The van der Waals surface area contributed by atoms with Crippen molar-refractivity contribution in [3.63, 3.8) is 0 Å². The third-order valence-corrected chi connectivity index (χ3v) is 1.67. The van der Waals surface area contributed by atoms with Crippen LogP contribution < -0.4 is 0 Å². The van der Waals surface area contributed by atoms with Crippen LogP contribution in [0.5, 0.6) is 0 Å². The van der Waals surface area contributed by atoms with Crippen LogP contribution in [0.3, 0.4) is 0 Å². The van der Waals surface area contributed by atoms with E-state index in [4.69, 9.17) is 11.6 Å². The summed E-state index contributed by atoms with van der Waals surface area (Å²) < 4.78 is 0. The molecule has 0 rings (SSSR count). The zero-order valence-corrected chi connectivity index (χ0v) is 9.06. The van der Waals surface area contributed by atoms with E-state index in [1.165, 1.54) is 0 Å². The van der Waals surface area contributed by atoms with Crippen LogP contribution in [0.4, 0.5) is 0 Å². The van der Waals surface area contributed by atoms with Crippen molar-refractivity contribution in [1.29, 1.82) is 0 Å². The van der Waals surface area contributed by atoms with Crippen molar-refractivity contribution in [3.8, 4) is 0 Å². The van der Waals surface area contributed by atoms with E-state index in [1.807, 2.05) is 20.8 Å². The molecule has 0 saturated heterocycles. The van der Waals surface area contributed by atoms with E-state index in [2.05, 4.69) is 0 Å². The quantitative estimate of drug-likeness (QED) is 0.624. The summed E-state index contributed by atoms with van der Waals surface area (Å²) in [6, 6.07) is 0. The molecule has 3 heteroatoms. The Hall–Kier alpha value is -0.240. The van der Waals surface area contributed by atoms with Gasteiger partial charge in [0.05, 0.1) is 0 Å². The van der Waals surface area contributed by atoms with Gasteiger partial charge in [0, 0.05) is 25.4 Å². The fraction of sp³-hybridized carbons (Fsp3) is 0.889. The minimum atomic E-state index is 0.0334. The molecule has 1 unspecified atom stereocenters. The number of alkyl halides is 1. The van der Waals surface area contributed by atoms with Gasteiger partial charge in [0.1, 0.15) is 0 Å². The van der Waals surface area contributed by atoms with Gasteiger partial charge in [-0.25, -0.2) is 0 Å². The van der Waals surface area contributed by atoms with E-state index in [1.54, 1.807) is 11.9 Å². The van der Waals surface area contributed by atoms with E-state index in [0.29, 0.717) is 18.9 Å². The third kappa shape index (κ3) is 5.42. The molecule has 0 bridgehead atoms. The average molecular weight is 192 g/mol. The highest BCUT2D eigenvalue weighted by Crippen LogP contribution is 2.04. The van der Waals surface area contributed by atoms with Crippen LogP contribution in [0.2, 0.25) is 0 Å². The highest BCUT2D eigenvalue weighted by molar-refractivity contribution is 6.20. The van der Waals surface area contributed by atoms with Crippen LogP contribution in [0, 0.1) is 5.92 Å². The van der Waals surface area contributed by atoms with Gasteiger partial charge >= 0.3 is 0 Å². The summed E-state index contributed by atoms with van der Waals surface area (Å²) >= 11 is 5.76. The smallest absolute Gasteiger partial charge is 0.222 e. The van der Waals surface area contributed by atoms with Gasteiger partial charge in [-0.15, -0.1) is 11.6 Å². The molecule has 0 saturated carbocycles. The van der Waals surface area contributed by atoms with Crippen molar-refractivity contribution in [1.82, 2.24) is 4.90 Å². The SMILES string of the molecule is CC(C)CC(=O)N(C)CC(C)Cl. The van der Waals surface area contributed by atoms with Gasteiger partial charge in [-0.1, -0.05) is 13.8 Å². The lowest BCUT2D eigenvalue weighted by atomic mass is 10.1. The second-order valence-electron chi connectivity index (χ2n) is 3.65. The van der Waals surface area contributed by atoms with Crippen LogP contribution in [0.25, 0.3) is 0 Å². The van der Waals surface area contributed by atoms with Gasteiger partial charge in [-0.3, -0.25) is 4.79 Å². The molecule has 0 aliphatic heterocycles. The Kier molecular flexibility index (Phi) is 5.31. The number of carbonyl (C=O) groups is 1. The molecule has 0 aromatic rings. The fourth-order valence-corrected chi connectivity index (χ4v) is 1.19. The van der Waals surface area contributed by atoms with Gasteiger partial charge < -0.3 is 4.90 Å². The van der Waals surface area contributed by atoms with Gasteiger partial charge in [0.2, 0.25) is 5.91 Å². The van der Waals surface area contributed by atoms with E-state index in [0.717, 1.165) is 0 Å². The molecule has 0 spiro atoms. The van der Waals surface area contributed by atoms with E-state index >= 15 is 0 Å². The highest BCUT2D eigenvalue weighted by Gasteiger charge is 2.11. The summed E-state index contributed by atoms with van der Waals surface area (Å²) in [6.45, 7) is 6.60. The van der Waals surface area contributed by atoms with Crippen molar-refractivity contribution in [2.24, 2.45) is 5.92 Å². The summed E-state index contributed by atoms with van der Waals surface area (Å²) in [7, 11) is 1.80. The standard InChI is InChI=1S/C9H18ClNO/c1-7(2)5-9(12)11(4)6-8(3)10/h7-8H,5-6H2,1-4H3. The van der Waals surface area contributed by atoms with Crippen LogP contribution >= 0.6 is 11.6 Å². The first-order valence-corrected chi connectivity index (χ1v) is 4.75. The van der Waals surface area contributed by atoms with Gasteiger partial charge in [0.25, 0.3) is 0 Å². The van der Waals surface area contributed by atoms with Crippen LogP contribution in [-0.4, -0.2) is 29.8 Å². The fourth-order valence-electron chi connectivity index (χ4n) is 0.984. The maximum absolute atomic E-state index is 11.4. The molecule has 0 heterocycles. The predicted molar refractivity (Wildman–Crippen MR) is 52.4 cm³/mol. The lowest BCUT2D eigenvalue weighted by Gasteiger charge is -2.19. The Balaban J connectivity index is 3.77. The zero-order valence-electron chi connectivity index (χ0n) is 8.30. The average Bonchev–Trinajstić information content (AvgIpc) is 1.84. The van der Waals surface area contributed by atoms with Crippen LogP contribution in [0.1, 0.15) is 27.2 Å². The molecule has 72 valence electrons. The molecule has 0 aliphatic carbocycles.